The van der Waals surface area contributed by atoms with Crippen LogP contribution in [0.4, 0.5) is 5.69 Å². The summed E-state index contributed by atoms with van der Waals surface area (Å²) < 4.78 is 5.04. The van der Waals surface area contributed by atoms with Crippen molar-refractivity contribution in [1.82, 2.24) is 5.32 Å². The minimum Gasteiger partial charge on any atom is -0.385 e. The maximum absolute atomic E-state index is 11.7. The maximum atomic E-state index is 11.7. The first-order valence-electron chi connectivity index (χ1n) is 6.42. The minimum absolute atomic E-state index is 0.0844. The summed E-state index contributed by atoms with van der Waals surface area (Å²) in [5.41, 5.74) is 1.65. The summed E-state index contributed by atoms with van der Waals surface area (Å²) in [5, 5.41) is 6.10. The maximum Gasteiger partial charge on any atom is 0.251 e. The van der Waals surface area contributed by atoms with Crippen LogP contribution in [0.5, 0.6) is 0 Å². The van der Waals surface area contributed by atoms with Crippen molar-refractivity contribution < 1.29 is 9.53 Å². The normalized spacial score (nSPS) is 11.7. The highest BCUT2D eigenvalue weighted by atomic mass is 16.5. The van der Waals surface area contributed by atoms with Crippen LogP contribution >= 0.6 is 0 Å². The molecular formula is C15H22N2O2. The third-order valence-corrected chi connectivity index (χ3v) is 2.72. The Bertz CT molecular complexity index is 401. The summed E-state index contributed by atoms with van der Waals surface area (Å²) in [6.07, 6.45) is 2.60. The number of carbonyl (C=O) groups is 1. The fraction of sp³-hybridized carbons (Fsp3) is 0.400. The van der Waals surface area contributed by atoms with E-state index in [0.717, 1.165) is 18.7 Å². The number of ether oxygens (including phenoxy) is 1. The first-order valence-corrected chi connectivity index (χ1v) is 6.42. The molecule has 0 spiro atoms. The molecule has 0 aliphatic heterocycles. The van der Waals surface area contributed by atoms with E-state index in [9.17, 15) is 4.79 Å². The van der Waals surface area contributed by atoms with Gasteiger partial charge in [-0.2, -0.15) is 0 Å². The van der Waals surface area contributed by atoms with E-state index in [2.05, 4.69) is 24.1 Å². The van der Waals surface area contributed by atoms with Crippen molar-refractivity contribution in [1.29, 1.82) is 0 Å². The molecule has 1 rings (SSSR count). The van der Waals surface area contributed by atoms with Crippen LogP contribution in [0.1, 0.15) is 23.7 Å². The quantitative estimate of drug-likeness (QED) is 0.707. The lowest BCUT2D eigenvalue weighted by Gasteiger charge is -2.15. The molecule has 0 saturated heterocycles. The Kier molecular flexibility index (Phi) is 6.68. The molecule has 4 heteroatoms. The number of methoxy groups -OCH3 is 1. The standard InChI is InChI=1S/C15H22N2O2/c1-4-10-16-15(18)13-5-7-14(8-6-13)17-12(2)9-11-19-3/h4-8,12,17H,1,9-11H2,2-3H3,(H,16,18). The Morgan fingerprint density at radius 1 is 1.42 bits per heavy atom. The van der Waals surface area contributed by atoms with Crippen molar-refractivity contribution in [3.63, 3.8) is 0 Å². The Balaban J connectivity index is 2.51. The van der Waals surface area contributed by atoms with Gasteiger partial charge in [-0.3, -0.25) is 4.79 Å². The molecule has 0 heterocycles. The predicted molar refractivity (Wildman–Crippen MR) is 78.5 cm³/mol. The highest BCUT2D eigenvalue weighted by molar-refractivity contribution is 5.94. The second-order valence-electron chi connectivity index (χ2n) is 4.40. The summed E-state index contributed by atoms with van der Waals surface area (Å²) in [6.45, 7) is 6.87. The molecule has 104 valence electrons. The van der Waals surface area contributed by atoms with E-state index < -0.39 is 0 Å². The third-order valence-electron chi connectivity index (χ3n) is 2.72. The molecule has 0 bridgehead atoms. The van der Waals surface area contributed by atoms with E-state index in [0.29, 0.717) is 18.2 Å². The molecule has 1 aromatic rings. The fourth-order valence-corrected chi connectivity index (χ4v) is 1.64. The highest BCUT2D eigenvalue weighted by Gasteiger charge is 2.05. The van der Waals surface area contributed by atoms with Gasteiger partial charge >= 0.3 is 0 Å². The number of anilines is 1. The zero-order valence-electron chi connectivity index (χ0n) is 11.6. The predicted octanol–water partition coefficient (Wildman–Crippen LogP) is 2.44. The van der Waals surface area contributed by atoms with Gasteiger partial charge in [-0.1, -0.05) is 6.08 Å². The molecule has 1 atom stereocenters. The van der Waals surface area contributed by atoms with Gasteiger partial charge in [-0.05, 0) is 37.6 Å². The number of carbonyl (C=O) groups excluding carboxylic acids is 1. The number of hydrogen-bond donors (Lipinski definition) is 2. The summed E-state index contributed by atoms with van der Waals surface area (Å²) in [6, 6.07) is 7.77. The average molecular weight is 262 g/mol. The first kappa shape index (κ1) is 15.2. The molecule has 1 unspecified atom stereocenters. The molecule has 1 amide bonds. The van der Waals surface area contributed by atoms with Crippen molar-refractivity contribution in [2.45, 2.75) is 19.4 Å². The summed E-state index contributed by atoms with van der Waals surface area (Å²) in [7, 11) is 1.70. The van der Waals surface area contributed by atoms with Gasteiger partial charge in [-0.15, -0.1) is 6.58 Å². The highest BCUT2D eigenvalue weighted by Crippen LogP contribution is 2.11. The van der Waals surface area contributed by atoms with Crippen molar-refractivity contribution in [3.8, 4) is 0 Å². The Morgan fingerprint density at radius 2 is 2.11 bits per heavy atom. The van der Waals surface area contributed by atoms with Crippen LogP contribution in [0.3, 0.4) is 0 Å². The molecule has 1 aromatic carbocycles. The first-order chi connectivity index (χ1) is 9.17. The van der Waals surface area contributed by atoms with Gasteiger partial charge in [0.05, 0.1) is 0 Å². The molecule has 0 aromatic heterocycles. The molecule has 0 saturated carbocycles. The number of benzene rings is 1. The van der Waals surface area contributed by atoms with E-state index in [4.69, 9.17) is 4.74 Å². The van der Waals surface area contributed by atoms with Gasteiger partial charge < -0.3 is 15.4 Å². The van der Waals surface area contributed by atoms with Crippen LogP contribution in [0.25, 0.3) is 0 Å². The van der Waals surface area contributed by atoms with Crippen LogP contribution in [-0.4, -0.2) is 32.2 Å². The van der Waals surface area contributed by atoms with Gasteiger partial charge in [0.1, 0.15) is 0 Å². The zero-order valence-corrected chi connectivity index (χ0v) is 11.6. The van der Waals surface area contributed by atoms with E-state index in [1.54, 1.807) is 13.2 Å². The number of nitrogens with one attached hydrogen (secondary N) is 2. The molecule has 19 heavy (non-hydrogen) atoms. The van der Waals surface area contributed by atoms with Crippen LogP contribution < -0.4 is 10.6 Å². The molecule has 0 aliphatic carbocycles. The lowest BCUT2D eigenvalue weighted by molar-refractivity contribution is 0.0958. The lowest BCUT2D eigenvalue weighted by atomic mass is 10.1. The number of rotatable bonds is 8. The molecule has 4 nitrogen and oxygen atoms in total. The van der Waals surface area contributed by atoms with Crippen molar-refractivity contribution >= 4 is 11.6 Å². The largest absolute Gasteiger partial charge is 0.385 e. The Labute approximate surface area is 114 Å². The van der Waals surface area contributed by atoms with Gasteiger partial charge in [0.15, 0.2) is 0 Å². The Hall–Kier alpha value is -1.81. The van der Waals surface area contributed by atoms with Gasteiger partial charge in [0.25, 0.3) is 5.91 Å². The van der Waals surface area contributed by atoms with Crippen LogP contribution in [0.15, 0.2) is 36.9 Å². The second-order valence-corrected chi connectivity index (χ2v) is 4.40. The molecule has 0 aliphatic rings. The van der Waals surface area contributed by atoms with Crippen LogP contribution in [-0.2, 0) is 4.74 Å². The van der Waals surface area contributed by atoms with Gasteiger partial charge in [-0.25, -0.2) is 0 Å². The summed E-state index contributed by atoms with van der Waals surface area (Å²) in [5.74, 6) is -0.0844. The molecular weight excluding hydrogens is 240 g/mol. The zero-order chi connectivity index (χ0) is 14.1. The molecule has 0 radical (unpaired) electrons. The summed E-state index contributed by atoms with van der Waals surface area (Å²) in [4.78, 5) is 11.7. The fourth-order valence-electron chi connectivity index (χ4n) is 1.64. The van der Waals surface area contributed by atoms with Crippen LogP contribution in [0.2, 0.25) is 0 Å². The van der Waals surface area contributed by atoms with E-state index >= 15 is 0 Å². The second kappa shape index (κ2) is 8.32. The van der Waals surface area contributed by atoms with Crippen molar-refractivity contribution in [2.24, 2.45) is 0 Å². The van der Waals surface area contributed by atoms with Gasteiger partial charge in [0, 0.05) is 37.6 Å². The summed E-state index contributed by atoms with van der Waals surface area (Å²) >= 11 is 0. The van der Waals surface area contributed by atoms with E-state index in [1.807, 2.05) is 24.3 Å². The Morgan fingerprint density at radius 3 is 2.68 bits per heavy atom. The lowest BCUT2D eigenvalue weighted by Crippen LogP contribution is -2.23. The molecule has 0 fully saturated rings. The topological polar surface area (TPSA) is 50.4 Å². The minimum atomic E-state index is -0.0844. The number of amides is 1. The smallest absolute Gasteiger partial charge is 0.251 e. The third kappa shape index (κ3) is 5.57. The van der Waals surface area contributed by atoms with E-state index in [-0.39, 0.29) is 5.91 Å². The van der Waals surface area contributed by atoms with Crippen molar-refractivity contribution in [2.75, 3.05) is 25.6 Å². The molecule has 2 N–H and O–H groups in total. The SMILES string of the molecule is C=CCNC(=O)c1ccc(NC(C)CCOC)cc1. The average Bonchev–Trinajstić information content (AvgIpc) is 2.43. The van der Waals surface area contributed by atoms with E-state index in [1.165, 1.54) is 0 Å². The monoisotopic (exact) mass is 262 g/mol. The number of hydrogen-bond acceptors (Lipinski definition) is 3. The van der Waals surface area contributed by atoms with Gasteiger partial charge in [0.2, 0.25) is 0 Å². The van der Waals surface area contributed by atoms with Crippen LogP contribution in [0, 0.1) is 0 Å². The van der Waals surface area contributed by atoms with Crippen molar-refractivity contribution in [3.05, 3.63) is 42.5 Å².